The molecule has 1 aliphatic heterocycles. The van der Waals surface area contributed by atoms with Crippen LogP contribution in [0.3, 0.4) is 0 Å². The number of nitrogens with one attached hydrogen (secondary N) is 1. The van der Waals surface area contributed by atoms with Crippen LogP contribution >= 0.6 is 0 Å². The van der Waals surface area contributed by atoms with E-state index in [-0.39, 0.29) is 12.1 Å². The highest BCUT2D eigenvalue weighted by molar-refractivity contribution is 5.76. The number of nitrogens with zero attached hydrogens (tertiary/aromatic N) is 6. The summed E-state index contributed by atoms with van der Waals surface area (Å²) in [7, 11) is 1.61. The van der Waals surface area contributed by atoms with Crippen LogP contribution in [0.5, 0.6) is 5.75 Å². The van der Waals surface area contributed by atoms with Gasteiger partial charge in [0, 0.05) is 48.2 Å². The van der Waals surface area contributed by atoms with Gasteiger partial charge in [-0.05, 0) is 65.9 Å². The molecular weight excluding hydrogens is 482 g/mol. The van der Waals surface area contributed by atoms with Crippen molar-refractivity contribution in [2.24, 2.45) is 0 Å². The quantitative estimate of drug-likeness (QED) is 0.530. The number of amides is 1. The van der Waals surface area contributed by atoms with Gasteiger partial charge in [-0.15, -0.1) is 0 Å². The van der Waals surface area contributed by atoms with E-state index in [9.17, 15) is 10.1 Å². The van der Waals surface area contributed by atoms with Crippen molar-refractivity contribution in [3.63, 3.8) is 0 Å². The molecule has 0 spiro atoms. The van der Waals surface area contributed by atoms with E-state index in [4.69, 9.17) is 14.6 Å². The van der Waals surface area contributed by atoms with Crippen LogP contribution in [0.1, 0.15) is 70.2 Å². The molecule has 10 nitrogen and oxygen atoms in total. The molecule has 1 amide bonds. The molecule has 10 heteroatoms. The second kappa shape index (κ2) is 10.3. The number of rotatable bonds is 5. The number of hydrogen-bond acceptors (Lipinski definition) is 7. The number of carbonyl (C=O) groups excluding carboxylic acids is 1. The minimum Gasteiger partial charge on any atom is -0.494 e. The number of carbonyl (C=O) groups is 1. The van der Waals surface area contributed by atoms with Gasteiger partial charge in [-0.2, -0.15) is 15.5 Å². The molecule has 38 heavy (non-hydrogen) atoms. The third-order valence-electron chi connectivity index (χ3n) is 7.76. The van der Waals surface area contributed by atoms with Crippen molar-refractivity contribution in [1.82, 2.24) is 29.6 Å². The van der Waals surface area contributed by atoms with Gasteiger partial charge in [0.15, 0.2) is 0 Å². The molecule has 202 valence electrons. The summed E-state index contributed by atoms with van der Waals surface area (Å²) >= 11 is 0. The first kappa shape index (κ1) is 26.0. The number of methoxy groups -OCH3 is 1. The third-order valence-corrected chi connectivity index (χ3v) is 7.76. The van der Waals surface area contributed by atoms with E-state index in [1.165, 1.54) is 0 Å². The van der Waals surface area contributed by atoms with Gasteiger partial charge in [0.05, 0.1) is 25.5 Å². The second-order valence-electron chi connectivity index (χ2n) is 11.4. The number of piperidine rings is 1. The fourth-order valence-electron chi connectivity index (χ4n) is 5.93. The van der Waals surface area contributed by atoms with Gasteiger partial charge < -0.3 is 19.7 Å². The molecule has 5 rings (SSSR count). The maximum absolute atomic E-state index is 12.2. The summed E-state index contributed by atoms with van der Waals surface area (Å²) in [6, 6.07) is 5.15. The van der Waals surface area contributed by atoms with E-state index in [0.717, 1.165) is 62.0 Å². The highest BCUT2D eigenvalue weighted by Crippen LogP contribution is 2.35. The molecule has 0 bridgehead atoms. The Balaban J connectivity index is 1.22. The highest BCUT2D eigenvalue weighted by atomic mass is 16.6. The zero-order valence-electron chi connectivity index (χ0n) is 22.9. The molecule has 0 radical (unpaired) electrons. The summed E-state index contributed by atoms with van der Waals surface area (Å²) in [6.07, 6.45) is 10.2. The number of hydrogen-bond donors (Lipinski definition) is 1. The van der Waals surface area contributed by atoms with Gasteiger partial charge >= 0.3 is 6.09 Å². The first-order chi connectivity index (χ1) is 18.2. The van der Waals surface area contributed by atoms with E-state index in [2.05, 4.69) is 33.0 Å². The molecular formula is C28H37N7O3. The van der Waals surface area contributed by atoms with Gasteiger partial charge in [0.1, 0.15) is 28.5 Å². The molecule has 1 N–H and O–H groups in total. The van der Waals surface area contributed by atoms with Crippen LogP contribution in [-0.4, -0.2) is 68.3 Å². The van der Waals surface area contributed by atoms with Crippen molar-refractivity contribution in [3.05, 3.63) is 35.9 Å². The fraction of sp³-hybridized carbons (Fsp3) is 0.571. The lowest BCUT2D eigenvalue weighted by molar-refractivity contribution is 0.0502. The maximum Gasteiger partial charge on any atom is 0.407 e. The predicted molar refractivity (Wildman–Crippen MR) is 143 cm³/mol. The van der Waals surface area contributed by atoms with Crippen LogP contribution in [0.15, 0.2) is 24.7 Å². The van der Waals surface area contributed by atoms with E-state index in [1.807, 2.05) is 39.2 Å². The molecule has 2 fully saturated rings. The molecule has 1 aliphatic carbocycles. The summed E-state index contributed by atoms with van der Waals surface area (Å²) < 4.78 is 14.9. The maximum atomic E-state index is 12.2. The number of alkyl carbamates (subject to hydrolysis) is 1. The number of aromatic nitrogens is 4. The minimum atomic E-state index is -0.479. The average Bonchev–Trinajstić information content (AvgIpc) is 3.60. The Kier molecular flexibility index (Phi) is 7.05. The van der Waals surface area contributed by atoms with Crippen molar-refractivity contribution in [3.8, 4) is 22.9 Å². The van der Waals surface area contributed by atoms with Gasteiger partial charge in [-0.25, -0.2) is 9.31 Å². The van der Waals surface area contributed by atoms with Crippen molar-refractivity contribution < 1.29 is 14.3 Å². The van der Waals surface area contributed by atoms with Crippen LogP contribution < -0.4 is 10.1 Å². The monoisotopic (exact) mass is 519 g/mol. The van der Waals surface area contributed by atoms with E-state index in [0.29, 0.717) is 28.9 Å². The van der Waals surface area contributed by atoms with Gasteiger partial charge in [0.25, 0.3) is 0 Å². The highest BCUT2D eigenvalue weighted by Gasteiger charge is 2.34. The Morgan fingerprint density at radius 3 is 2.58 bits per heavy atom. The van der Waals surface area contributed by atoms with Crippen molar-refractivity contribution >= 4 is 11.6 Å². The molecule has 3 aromatic heterocycles. The van der Waals surface area contributed by atoms with Crippen LogP contribution in [0.4, 0.5) is 4.79 Å². The van der Waals surface area contributed by atoms with Gasteiger partial charge in [0.2, 0.25) is 0 Å². The minimum absolute atomic E-state index is 0.178. The molecule has 0 aromatic carbocycles. The lowest BCUT2D eigenvalue weighted by Crippen LogP contribution is -2.43. The number of fused-ring (bicyclic) bond motifs is 1. The topological polar surface area (TPSA) is 110 Å². The standard InChI is InChI=1S/C28H37N7O3/c1-18-24(19-12-25(37-5)26-20(14-29)15-30-34(26)17-19)16-31-35(18)22-8-10-33(11-9-22)23-7-6-21(13-23)32-27(36)38-28(2,3)4/h12,15-17,21-23H,6-11,13H2,1-5H3,(H,32,36)/t21-,23?/m0/s1. The zero-order valence-corrected chi connectivity index (χ0v) is 22.9. The molecule has 3 aromatic rings. The van der Waals surface area contributed by atoms with Crippen molar-refractivity contribution in [2.45, 2.75) is 83.5 Å². The summed E-state index contributed by atoms with van der Waals surface area (Å²) in [5.74, 6) is 0.619. The predicted octanol–water partition coefficient (Wildman–Crippen LogP) is 4.47. The fourth-order valence-corrected chi connectivity index (χ4v) is 5.93. The first-order valence-electron chi connectivity index (χ1n) is 13.4. The van der Waals surface area contributed by atoms with Crippen LogP contribution in [-0.2, 0) is 4.74 Å². The molecule has 1 saturated heterocycles. The normalized spacial score (nSPS) is 20.9. The number of nitriles is 1. The molecule has 4 heterocycles. The van der Waals surface area contributed by atoms with Crippen LogP contribution in [0, 0.1) is 18.3 Å². The van der Waals surface area contributed by atoms with Crippen LogP contribution in [0.25, 0.3) is 16.6 Å². The van der Waals surface area contributed by atoms with Gasteiger partial charge in [-0.1, -0.05) is 0 Å². The Hall–Kier alpha value is -3.58. The van der Waals surface area contributed by atoms with Crippen molar-refractivity contribution in [1.29, 1.82) is 5.26 Å². The lowest BCUT2D eigenvalue weighted by atomic mass is 10.0. The van der Waals surface area contributed by atoms with Crippen LogP contribution in [0.2, 0.25) is 0 Å². The largest absolute Gasteiger partial charge is 0.494 e. The summed E-state index contributed by atoms with van der Waals surface area (Å²) in [4.78, 5) is 14.7. The van der Waals surface area contributed by atoms with Gasteiger partial charge in [-0.3, -0.25) is 4.68 Å². The summed E-state index contributed by atoms with van der Waals surface area (Å²) in [5.41, 5.74) is 3.78. The van der Waals surface area contributed by atoms with Crippen molar-refractivity contribution in [2.75, 3.05) is 20.2 Å². The number of pyridine rings is 1. The number of ether oxygens (including phenoxy) is 2. The Morgan fingerprint density at radius 2 is 1.89 bits per heavy atom. The first-order valence-corrected chi connectivity index (χ1v) is 13.4. The third kappa shape index (κ3) is 5.20. The lowest BCUT2D eigenvalue weighted by Gasteiger charge is -2.36. The summed E-state index contributed by atoms with van der Waals surface area (Å²) in [5, 5.41) is 21.6. The molecule has 2 aliphatic rings. The smallest absolute Gasteiger partial charge is 0.407 e. The summed E-state index contributed by atoms with van der Waals surface area (Å²) in [6.45, 7) is 9.81. The van der Waals surface area contributed by atoms with E-state index >= 15 is 0 Å². The Morgan fingerprint density at radius 1 is 1.13 bits per heavy atom. The molecule has 2 atom stereocenters. The second-order valence-corrected chi connectivity index (χ2v) is 11.4. The molecule has 1 unspecified atom stereocenters. The SMILES string of the molecule is COc1cc(-c2cnn(C3CCN(C4CC[C@H](NC(=O)OC(C)(C)C)C4)CC3)c2C)cn2ncc(C#N)c12. The average molecular weight is 520 g/mol. The Bertz CT molecular complexity index is 1360. The van der Waals surface area contributed by atoms with E-state index in [1.54, 1.807) is 17.8 Å². The van der Waals surface area contributed by atoms with E-state index < -0.39 is 5.60 Å². The number of likely N-dealkylation sites (tertiary alicyclic amines) is 1. The molecule has 1 saturated carbocycles. The Labute approximate surface area is 223 Å². The zero-order chi connectivity index (χ0) is 27.0.